The summed E-state index contributed by atoms with van der Waals surface area (Å²) in [7, 11) is 1.91. The van der Waals surface area contributed by atoms with Crippen LogP contribution in [0, 0.1) is 17.8 Å². The summed E-state index contributed by atoms with van der Waals surface area (Å²) in [4.78, 5) is 17.3. The molecular formula is C30H28FN9. The van der Waals surface area contributed by atoms with Crippen LogP contribution in [0.2, 0.25) is 0 Å². The molecule has 10 heteroatoms. The van der Waals surface area contributed by atoms with E-state index in [1.165, 1.54) is 6.07 Å². The Labute approximate surface area is 231 Å². The van der Waals surface area contributed by atoms with Crippen molar-refractivity contribution in [1.29, 1.82) is 0 Å². The summed E-state index contributed by atoms with van der Waals surface area (Å²) in [5.74, 6) is 6.49. The first-order chi connectivity index (χ1) is 19.6. The van der Waals surface area contributed by atoms with Gasteiger partial charge in [-0.3, -0.25) is 14.6 Å². The Kier molecular flexibility index (Phi) is 7.04. The number of pyridine rings is 3. The summed E-state index contributed by atoms with van der Waals surface area (Å²) in [5.41, 5.74) is 6.54. The highest BCUT2D eigenvalue weighted by molar-refractivity contribution is 5.86. The van der Waals surface area contributed by atoms with Gasteiger partial charge in [0.1, 0.15) is 11.5 Å². The van der Waals surface area contributed by atoms with E-state index in [-0.39, 0.29) is 0 Å². The molecule has 1 aliphatic heterocycles. The molecular weight excluding hydrogens is 505 g/mol. The lowest BCUT2D eigenvalue weighted by Crippen LogP contribution is -2.46. The van der Waals surface area contributed by atoms with E-state index < -0.39 is 5.95 Å². The van der Waals surface area contributed by atoms with Gasteiger partial charge in [-0.1, -0.05) is 12.0 Å². The Morgan fingerprint density at radius 1 is 0.975 bits per heavy atom. The van der Waals surface area contributed by atoms with Gasteiger partial charge in [0.05, 0.1) is 31.0 Å². The smallest absolute Gasteiger partial charge is 0.214 e. The number of piperazine rings is 1. The topological polar surface area (TPSA) is 79.7 Å². The minimum atomic E-state index is -0.510. The number of nitrogens with zero attached hydrogens (tertiary/aromatic N) is 9. The zero-order valence-corrected chi connectivity index (χ0v) is 22.2. The normalized spacial score (nSPS) is 13.8. The Morgan fingerprint density at radius 3 is 2.58 bits per heavy atom. The second-order valence-corrected chi connectivity index (χ2v) is 9.71. The van der Waals surface area contributed by atoms with Crippen LogP contribution in [0.25, 0.3) is 27.8 Å². The molecule has 0 bridgehead atoms. The van der Waals surface area contributed by atoms with Crippen LogP contribution in [-0.2, 0) is 13.6 Å². The molecule has 9 nitrogen and oxygen atoms in total. The maximum absolute atomic E-state index is 13.3. The van der Waals surface area contributed by atoms with Gasteiger partial charge in [-0.15, -0.1) is 0 Å². The molecule has 0 amide bonds. The van der Waals surface area contributed by atoms with E-state index in [4.69, 9.17) is 4.98 Å². The minimum absolute atomic E-state index is 0.454. The van der Waals surface area contributed by atoms with Crippen molar-refractivity contribution in [3.05, 3.63) is 84.6 Å². The lowest BCUT2D eigenvalue weighted by atomic mass is 10.0. The monoisotopic (exact) mass is 533 g/mol. The molecule has 1 aliphatic rings. The first-order valence-electron chi connectivity index (χ1n) is 13.0. The fourth-order valence-electron chi connectivity index (χ4n) is 4.96. The van der Waals surface area contributed by atoms with Crippen LogP contribution in [0.1, 0.15) is 11.3 Å². The first-order valence-corrected chi connectivity index (χ1v) is 13.0. The summed E-state index contributed by atoms with van der Waals surface area (Å²) in [6.45, 7) is 8.23. The fraction of sp³-hybridized carbons (Fsp3) is 0.233. The van der Waals surface area contributed by atoms with Gasteiger partial charge >= 0.3 is 0 Å². The molecule has 40 heavy (non-hydrogen) atoms. The SMILES string of the molecule is C=NCc1cnn2cc(-c3cnn(C)c3)cc(-c3ccc(N4CCN(CC#Cc5cccc(F)n5)CC4)nc3)c12. The molecule has 6 rings (SSSR count). The summed E-state index contributed by atoms with van der Waals surface area (Å²) in [6, 6.07) is 11.0. The molecule has 0 aliphatic carbocycles. The summed E-state index contributed by atoms with van der Waals surface area (Å²) in [5, 5.41) is 8.93. The highest BCUT2D eigenvalue weighted by Gasteiger charge is 2.19. The van der Waals surface area contributed by atoms with Gasteiger partial charge in [-0.05, 0) is 43.0 Å². The average molecular weight is 534 g/mol. The Balaban J connectivity index is 1.19. The third-order valence-electron chi connectivity index (χ3n) is 7.00. The number of anilines is 1. The van der Waals surface area contributed by atoms with Gasteiger partial charge in [-0.2, -0.15) is 14.6 Å². The van der Waals surface area contributed by atoms with Gasteiger partial charge in [-0.25, -0.2) is 14.5 Å². The minimum Gasteiger partial charge on any atom is -0.354 e. The number of aryl methyl sites for hydroxylation is 1. The molecule has 0 N–H and O–H groups in total. The van der Waals surface area contributed by atoms with Gasteiger partial charge < -0.3 is 4.90 Å². The third-order valence-corrected chi connectivity index (χ3v) is 7.00. The summed E-state index contributed by atoms with van der Waals surface area (Å²) in [6.07, 6.45) is 9.64. The van der Waals surface area contributed by atoms with E-state index in [1.54, 1.807) is 16.8 Å². The highest BCUT2D eigenvalue weighted by Crippen LogP contribution is 2.32. The molecule has 0 spiro atoms. The maximum atomic E-state index is 13.3. The highest BCUT2D eigenvalue weighted by atomic mass is 19.1. The molecule has 0 atom stereocenters. The van der Waals surface area contributed by atoms with E-state index in [9.17, 15) is 4.39 Å². The van der Waals surface area contributed by atoms with Crippen molar-refractivity contribution < 1.29 is 4.39 Å². The van der Waals surface area contributed by atoms with Crippen molar-refractivity contribution in [1.82, 2.24) is 34.3 Å². The quantitative estimate of drug-likeness (QED) is 0.188. The Bertz CT molecular complexity index is 1720. The number of fused-ring (bicyclic) bond motifs is 1. The molecule has 6 heterocycles. The maximum Gasteiger partial charge on any atom is 0.214 e. The van der Waals surface area contributed by atoms with Crippen molar-refractivity contribution in [2.24, 2.45) is 12.0 Å². The Hall–Kier alpha value is -4.88. The van der Waals surface area contributed by atoms with Gasteiger partial charge in [0.25, 0.3) is 0 Å². The van der Waals surface area contributed by atoms with Crippen LogP contribution < -0.4 is 4.90 Å². The largest absolute Gasteiger partial charge is 0.354 e. The molecule has 1 saturated heterocycles. The van der Waals surface area contributed by atoms with Crippen LogP contribution in [0.15, 0.2) is 72.4 Å². The lowest BCUT2D eigenvalue weighted by molar-refractivity contribution is 0.287. The van der Waals surface area contributed by atoms with E-state index in [0.29, 0.717) is 18.8 Å². The standard InChI is InChI=1S/C30H28FN9/c1-32-16-24-18-35-40-21-23(25-19-34-37(2)20-25)15-27(30(24)40)22-8-9-29(33-17-22)39-13-11-38(12-14-39)10-4-6-26-5-3-7-28(31)36-26/h3,5,7-9,15,17-21H,1,10-14,16H2,2H3. The molecule has 200 valence electrons. The van der Waals surface area contributed by atoms with Crippen LogP contribution in [0.3, 0.4) is 0 Å². The number of halogens is 1. The van der Waals surface area contributed by atoms with Crippen molar-refractivity contribution in [2.45, 2.75) is 6.54 Å². The van der Waals surface area contributed by atoms with E-state index >= 15 is 0 Å². The zero-order valence-electron chi connectivity index (χ0n) is 22.2. The molecule has 5 aromatic rings. The molecule has 5 aromatic heterocycles. The second-order valence-electron chi connectivity index (χ2n) is 9.71. The van der Waals surface area contributed by atoms with Crippen LogP contribution >= 0.6 is 0 Å². The average Bonchev–Trinajstić information content (AvgIpc) is 3.59. The predicted octanol–water partition coefficient (Wildman–Crippen LogP) is 3.71. The zero-order chi connectivity index (χ0) is 27.5. The molecule has 1 fully saturated rings. The molecule has 0 radical (unpaired) electrons. The van der Waals surface area contributed by atoms with Crippen molar-refractivity contribution in [3.8, 4) is 34.1 Å². The lowest BCUT2D eigenvalue weighted by Gasteiger charge is -2.34. The number of rotatable bonds is 6. The summed E-state index contributed by atoms with van der Waals surface area (Å²) < 4.78 is 16.9. The summed E-state index contributed by atoms with van der Waals surface area (Å²) >= 11 is 0. The van der Waals surface area contributed by atoms with Crippen molar-refractivity contribution in [2.75, 3.05) is 37.6 Å². The number of aromatic nitrogens is 6. The fourth-order valence-corrected chi connectivity index (χ4v) is 4.96. The number of hydrogen-bond acceptors (Lipinski definition) is 7. The van der Waals surface area contributed by atoms with E-state index in [2.05, 4.69) is 66.7 Å². The van der Waals surface area contributed by atoms with Gasteiger partial charge in [0.2, 0.25) is 5.95 Å². The van der Waals surface area contributed by atoms with Crippen LogP contribution in [0.5, 0.6) is 0 Å². The van der Waals surface area contributed by atoms with Gasteiger partial charge in [0.15, 0.2) is 0 Å². The first kappa shape index (κ1) is 25.4. The number of aliphatic imine (C=N–C) groups is 1. The van der Waals surface area contributed by atoms with Crippen LogP contribution in [0.4, 0.5) is 10.2 Å². The molecule has 0 aromatic carbocycles. The number of hydrogen-bond donors (Lipinski definition) is 0. The third kappa shape index (κ3) is 5.32. The molecule has 0 saturated carbocycles. The molecule has 0 unspecified atom stereocenters. The predicted molar refractivity (Wildman–Crippen MR) is 154 cm³/mol. The van der Waals surface area contributed by atoms with E-state index in [1.807, 2.05) is 42.5 Å². The van der Waals surface area contributed by atoms with Crippen molar-refractivity contribution >= 4 is 18.1 Å². The second kappa shape index (κ2) is 11.1. The van der Waals surface area contributed by atoms with E-state index in [0.717, 1.165) is 65.3 Å². The Morgan fingerprint density at radius 2 is 1.85 bits per heavy atom. The van der Waals surface area contributed by atoms with Crippen molar-refractivity contribution in [3.63, 3.8) is 0 Å². The van der Waals surface area contributed by atoms with Crippen LogP contribution in [-0.4, -0.2) is 73.7 Å². The van der Waals surface area contributed by atoms with Gasteiger partial charge in [0, 0.05) is 79.6 Å².